The zero-order valence-electron chi connectivity index (χ0n) is 18.0. The van der Waals surface area contributed by atoms with E-state index in [-0.39, 0.29) is 6.04 Å². The smallest absolute Gasteiger partial charge is 0.191 e. The first kappa shape index (κ1) is 20.4. The van der Waals surface area contributed by atoms with Gasteiger partial charge in [0.2, 0.25) is 0 Å². The molecule has 1 aliphatic heterocycles. The Morgan fingerprint density at radius 2 is 2.13 bits per heavy atom. The van der Waals surface area contributed by atoms with Crippen molar-refractivity contribution in [2.45, 2.75) is 65.0 Å². The molecule has 0 spiro atoms. The Hall–Kier alpha value is -2.83. The highest BCUT2D eigenvalue weighted by Crippen LogP contribution is 2.23. The van der Waals surface area contributed by atoms with Gasteiger partial charge >= 0.3 is 0 Å². The molecule has 2 N–H and O–H groups in total. The zero-order valence-corrected chi connectivity index (χ0v) is 18.0. The first-order valence-electron chi connectivity index (χ1n) is 11.2. The van der Waals surface area contributed by atoms with E-state index in [4.69, 9.17) is 9.41 Å². The molecule has 1 aromatic carbocycles. The molecular weight excluding hydrogens is 376 g/mol. The van der Waals surface area contributed by atoms with Gasteiger partial charge in [-0.3, -0.25) is 4.99 Å². The highest BCUT2D eigenvalue weighted by atomic mass is 16.3. The standard InChI is InChI=1S/C23H32N6O/c1-3-24-23(26-17(2)20-16-18-10-6-7-11-19(18)30-20)25-14-9-13-22-28-27-21-12-5-4-8-15-29(21)22/h6-7,10-11,16-17H,3-5,8-9,12-15H2,1-2H3,(H2,24,25,26). The van der Waals surface area contributed by atoms with Crippen LogP contribution in [0.15, 0.2) is 39.7 Å². The Labute approximate surface area is 178 Å². The minimum absolute atomic E-state index is 0.0301. The van der Waals surface area contributed by atoms with Gasteiger partial charge in [-0.1, -0.05) is 24.6 Å². The van der Waals surface area contributed by atoms with Crippen molar-refractivity contribution >= 4 is 16.9 Å². The Balaban J connectivity index is 1.34. The van der Waals surface area contributed by atoms with Crippen LogP contribution in [0.5, 0.6) is 0 Å². The number of furan rings is 1. The number of aryl methyl sites for hydroxylation is 2. The number of nitrogens with one attached hydrogen (secondary N) is 2. The SMILES string of the molecule is CCNC(=NCCCc1nnc2n1CCCCC2)NC(C)c1cc2ccccc2o1. The summed E-state index contributed by atoms with van der Waals surface area (Å²) >= 11 is 0. The summed E-state index contributed by atoms with van der Waals surface area (Å²) in [5, 5.41) is 16.7. The molecule has 1 atom stereocenters. The molecule has 7 nitrogen and oxygen atoms in total. The van der Waals surface area contributed by atoms with Gasteiger partial charge in [0.25, 0.3) is 0 Å². The number of hydrogen-bond donors (Lipinski definition) is 2. The maximum absolute atomic E-state index is 5.98. The lowest BCUT2D eigenvalue weighted by Gasteiger charge is -2.16. The van der Waals surface area contributed by atoms with Crippen molar-refractivity contribution in [1.82, 2.24) is 25.4 Å². The minimum Gasteiger partial charge on any atom is -0.459 e. The lowest BCUT2D eigenvalue weighted by atomic mass is 10.2. The fourth-order valence-electron chi connectivity index (χ4n) is 3.97. The summed E-state index contributed by atoms with van der Waals surface area (Å²) in [4.78, 5) is 4.76. The van der Waals surface area contributed by atoms with Crippen molar-refractivity contribution in [1.29, 1.82) is 0 Å². The van der Waals surface area contributed by atoms with Crippen molar-refractivity contribution in [2.24, 2.45) is 4.99 Å². The van der Waals surface area contributed by atoms with Crippen molar-refractivity contribution in [3.8, 4) is 0 Å². The van der Waals surface area contributed by atoms with Gasteiger partial charge in [0.05, 0.1) is 6.04 Å². The first-order valence-corrected chi connectivity index (χ1v) is 11.2. The van der Waals surface area contributed by atoms with Gasteiger partial charge in [0.1, 0.15) is 23.0 Å². The van der Waals surface area contributed by atoms with Crippen molar-refractivity contribution < 1.29 is 4.42 Å². The maximum atomic E-state index is 5.98. The van der Waals surface area contributed by atoms with Crippen LogP contribution < -0.4 is 10.6 Å². The number of aromatic nitrogens is 3. The number of hydrogen-bond acceptors (Lipinski definition) is 4. The summed E-state index contributed by atoms with van der Waals surface area (Å²) in [6.07, 6.45) is 6.66. The molecule has 3 aromatic rings. The van der Waals surface area contributed by atoms with Crippen LogP contribution in [0.4, 0.5) is 0 Å². The average molecular weight is 409 g/mol. The maximum Gasteiger partial charge on any atom is 0.191 e. The summed E-state index contributed by atoms with van der Waals surface area (Å²) in [5.41, 5.74) is 0.913. The van der Waals surface area contributed by atoms with E-state index in [2.05, 4.69) is 51.4 Å². The van der Waals surface area contributed by atoms with E-state index < -0.39 is 0 Å². The molecular formula is C23H32N6O. The zero-order chi connectivity index (χ0) is 20.8. The van der Waals surface area contributed by atoms with E-state index in [0.29, 0.717) is 0 Å². The highest BCUT2D eigenvalue weighted by molar-refractivity contribution is 5.81. The van der Waals surface area contributed by atoms with Crippen LogP contribution in [0.25, 0.3) is 11.0 Å². The van der Waals surface area contributed by atoms with Crippen LogP contribution in [0.2, 0.25) is 0 Å². The van der Waals surface area contributed by atoms with Crippen LogP contribution in [-0.2, 0) is 19.4 Å². The number of nitrogens with zero attached hydrogens (tertiary/aromatic N) is 4. The lowest BCUT2D eigenvalue weighted by Crippen LogP contribution is -2.38. The molecule has 0 aliphatic carbocycles. The van der Waals surface area contributed by atoms with E-state index in [0.717, 1.165) is 73.2 Å². The normalized spacial score (nSPS) is 15.6. The third kappa shape index (κ3) is 4.83. The number of benzene rings is 1. The Morgan fingerprint density at radius 3 is 3.00 bits per heavy atom. The second-order valence-corrected chi connectivity index (χ2v) is 7.91. The second-order valence-electron chi connectivity index (χ2n) is 7.91. The van der Waals surface area contributed by atoms with Gasteiger partial charge < -0.3 is 19.6 Å². The molecule has 7 heteroatoms. The highest BCUT2D eigenvalue weighted by Gasteiger charge is 2.15. The largest absolute Gasteiger partial charge is 0.459 e. The number of guanidine groups is 1. The van der Waals surface area contributed by atoms with E-state index in [9.17, 15) is 0 Å². The van der Waals surface area contributed by atoms with Gasteiger partial charge in [-0.15, -0.1) is 10.2 Å². The molecule has 0 radical (unpaired) electrons. The number of fused-ring (bicyclic) bond motifs is 2. The first-order chi connectivity index (χ1) is 14.7. The molecule has 4 rings (SSSR count). The van der Waals surface area contributed by atoms with E-state index >= 15 is 0 Å². The monoisotopic (exact) mass is 408 g/mol. The molecule has 3 heterocycles. The van der Waals surface area contributed by atoms with Crippen LogP contribution in [0.3, 0.4) is 0 Å². The third-order valence-corrected chi connectivity index (χ3v) is 5.58. The van der Waals surface area contributed by atoms with E-state index in [1.165, 1.54) is 19.3 Å². The molecule has 0 amide bonds. The average Bonchev–Trinajstić information content (AvgIpc) is 3.28. The summed E-state index contributed by atoms with van der Waals surface area (Å²) in [6.45, 7) is 6.78. The van der Waals surface area contributed by atoms with Crippen LogP contribution >= 0.6 is 0 Å². The predicted molar refractivity (Wildman–Crippen MR) is 120 cm³/mol. The summed E-state index contributed by atoms with van der Waals surface area (Å²) < 4.78 is 8.31. The quantitative estimate of drug-likeness (QED) is 0.351. The van der Waals surface area contributed by atoms with Crippen molar-refractivity contribution in [3.63, 3.8) is 0 Å². The fraction of sp³-hybridized carbons (Fsp3) is 0.522. The van der Waals surface area contributed by atoms with Gasteiger partial charge in [-0.2, -0.15) is 0 Å². The van der Waals surface area contributed by atoms with Gasteiger partial charge in [-0.25, -0.2) is 0 Å². The molecule has 1 aliphatic rings. The summed E-state index contributed by atoms with van der Waals surface area (Å²) in [7, 11) is 0. The fourth-order valence-corrected chi connectivity index (χ4v) is 3.97. The van der Waals surface area contributed by atoms with Crippen LogP contribution in [-0.4, -0.2) is 33.8 Å². The lowest BCUT2D eigenvalue weighted by molar-refractivity contribution is 0.488. The summed E-state index contributed by atoms with van der Waals surface area (Å²) in [5.74, 6) is 3.98. The molecule has 0 saturated carbocycles. The number of rotatable bonds is 7. The van der Waals surface area contributed by atoms with Crippen LogP contribution in [0.1, 0.15) is 63.0 Å². The van der Waals surface area contributed by atoms with Gasteiger partial charge in [-0.05, 0) is 45.2 Å². The molecule has 30 heavy (non-hydrogen) atoms. The second kappa shape index (κ2) is 9.78. The molecule has 0 saturated heterocycles. The van der Waals surface area contributed by atoms with E-state index in [1.807, 2.05) is 18.2 Å². The molecule has 1 unspecified atom stereocenters. The van der Waals surface area contributed by atoms with Crippen LogP contribution in [0, 0.1) is 0 Å². The Morgan fingerprint density at radius 1 is 1.23 bits per heavy atom. The predicted octanol–water partition coefficient (Wildman–Crippen LogP) is 4.00. The number of aliphatic imine (C=N–C) groups is 1. The van der Waals surface area contributed by atoms with Crippen molar-refractivity contribution in [3.05, 3.63) is 47.7 Å². The molecule has 0 bridgehead atoms. The van der Waals surface area contributed by atoms with Crippen molar-refractivity contribution in [2.75, 3.05) is 13.1 Å². The molecule has 2 aromatic heterocycles. The topological polar surface area (TPSA) is 80.3 Å². The molecule has 0 fully saturated rings. The van der Waals surface area contributed by atoms with Gasteiger partial charge in [0.15, 0.2) is 5.96 Å². The summed E-state index contributed by atoms with van der Waals surface area (Å²) in [6, 6.07) is 10.2. The number of para-hydroxylation sites is 1. The van der Waals surface area contributed by atoms with E-state index in [1.54, 1.807) is 0 Å². The Bertz CT molecular complexity index is 956. The molecule has 160 valence electrons. The Kier molecular flexibility index (Phi) is 6.67. The van der Waals surface area contributed by atoms with Gasteiger partial charge in [0, 0.05) is 37.9 Å². The minimum atomic E-state index is 0.0301. The third-order valence-electron chi connectivity index (χ3n) is 5.58.